The summed E-state index contributed by atoms with van der Waals surface area (Å²) in [5.74, 6) is 3.38. The van der Waals surface area contributed by atoms with Gasteiger partial charge in [0.15, 0.2) is 11.5 Å². The molecule has 3 unspecified atom stereocenters. The molecule has 1 saturated carbocycles. The van der Waals surface area contributed by atoms with E-state index in [0.717, 1.165) is 17.9 Å². The fourth-order valence-corrected chi connectivity index (χ4v) is 2.54. The standard InChI is InChI=1S/C13H17NO3/c1-7(14)9-5-10(9)8-3-11(15-2)13-12(4-8)16-6-17-13/h3-4,7,9-10H,5-6,14H2,1-2H3. The Labute approximate surface area is 101 Å². The molecule has 17 heavy (non-hydrogen) atoms. The lowest BCUT2D eigenvalue weighted by atomic mass is 10.1. The van der Waals surface area contributed by atoms with Gasteiger partial charge in [0.2, 0.25) is 12.5 Å². The van der Waals surface area contributed by atoms with Crippen LogP contribution in [0, 0.1) is 5.92 Å². The second-order valence-electron chi connectivity index (χ2n) is 4.82. The summed E-state index contributed by atoms with van der Waals surface area (Å²) < 4.78 is 16.1. The van der Waals surface area contributed by atoms with E-state index in [2.05, 4.69) is 13.0 Å². The Balaban J connectivity index is 1.92. The predicted octanol–water partition coefficient (Wildman–Crippen LogP) is 1.87. The van der Waals surface area contributed by atoms with Crippen LogP contribution in [0.1, 0.15) is 24.8 Å². The molecule has 0 radical (unpaired) electrons. The topological polar surface area (TPSA) is 53.7 Å². The number of nitrogens with two attached hydrogens (primary N) is 1. The molecule has 1 aliphatic carbocycles. The van der Waals surface area contributed by atoms with E-state index in [1.54, 1.807) is 7.11 Å². The van der Waals surface area contributed by atoms with Crippen molar-refractivity contribution in [2.24, 2.45) is 11.7 Å². The maximum absolute atomic E-state index is 5.92. The summed E-state index contributed by atoms with van der Waals surface area (Å²) in [4.78, 5) is 0. The average molecular weight is 235 g/mol. The highest BCUT2D eigenvalue weighted by Crippen LogP contribution is 2.53. The van der Waals surface area contributed by atoms with E-state index in [-0.39, 0.29) is 12.8 Å². The van der Waals surface area contributed by atoms with E-state index in [4.69, 9.17) is 19.9 Å². The first-order chi connectivity index (χ1) is 8.20. The minimum absolute atomic E-state index is 0.247. The normalized spacial score (nSPS) is 26.8. The summed E-state index contributed by atoms with van der Waals surface area (Å²) >= 11 is 0. The second kappa shape index (κ2) is 3.81. The maximum atomic E-state index is 5.92. The van der Waals surface area contributed by atoms with Crippen molar-refractivity contribution in [1.29, 1.82) is 0 Å². The average Bonchev–Trinajstić information content (AvgIpc) is 2.99. The van der Waals surface area contributed by atoms with E-state index in [1.165, 1.54) is 5.56 Å². The van der Waals surface area contributed by atoms with E-state index in [9.17, 15) is 0 Å². The molecule has 0 spiro atoms. The third-order valence-electron chi connectivity index (χ3n) is 3.62. The number of benzene rings is 1. The summed E-state index contributed by atoms with van der Waals surface area (Å²) in [6, 6.07) is 4.34. The van der Waals surface area contributed by atoms with Crippen LogP contribution in [0.3, 0.4) is 0 Å². The van der Waals surface area contributed by atoms with Crippen LogP contribution < -0.4 is 19.9 Å². The number of hydrogen-bond acceptors (Lipinski definition) is 4. The van der Waals surface area contributed by atoms with Gasteiger partial charge in [-0.05, 0) is 42.9 Å². The molecule has 1 aliphatic heterocycles. The van der Waals surface area contributed by atoms with Gasteiger partial charge in [-0.1, -0.05) is 0 Å². The number of hydrogen-bond donors (Lipinski definition) is 1. The molecule has 92 valence electrons. The van der Waals surface area contributed by atoms with Gasteiger partial charge in [0, 0.05) is 6.04 Å². The molecule has 2 aliphatic rings. The zero-order valence-electron chi connectivity index (χ0n) is 10.1. The first-order valence-electron chi connectivity index (χ1n) is 5.94. The maximum Gasteiger partial charge on any atom is 0.231 e. The molecular weight excluding hydrogens is 218 g/mol. The summed E-state index contributed by atoms with van der Waals surface area (Å²) in [6.07, 6.45) is 1.15. The van der Waals surface area contributed by atoms with Crippen LogP contribution in [0.25, 0.3) is 0 Å². The van der Waals surface area contributed by atoms with Gasteiger partial charge in [-0.15, -0.1) is 0 Å². The molecule has 1 heterocycles. The van der Waals surface area contributed by atoms with Gasteiger partial charge in [0.25, 0.3) is 0 Å². The lowest BCUT2D eigenvalue weighted by Crippen LogP contribution is -2.17. The highest BCUT2D eigenvalue weighted by atomic mass is 16.7. The molecule has 0 aromatic heterocycles. The molecule has 3 atom stereocenters. The van der Waals surface area contributed by atoms with Crippen molar-refractivity contribution in [3.05, 3.63) is 17.7 Å². The molecular formula is C13H17NO3. The Morgan fingerprint density at radius 3 is 2.88 bits per heavy atom. The van der Waals surface area contributed by atoms with E-state index in [0.29, 0.717) is 17.6 Å². The Morgan fingerprint density at radius 1 is 1.41 bits per heavy atom. The molecule has 1 aromatic carbocycles. The van der Waals surface area contributed by atoms with Crippen LogP contribution in [0.2, 0.25) is 0 Å². The summed E-state index contributed by atoms with van der Waals surface area (Å²) in [5.41, 5.74) is 7.17. The smallest absolute Gasteiger partial charge is 0.231 e. The molecule has 4 heteroatoms. The van der Waals surface area contributed by atoms with E-state index in [1.807, 2.05) is 6.07 Å². The van der Waals surface area contributed by atoms with Crippen LogP contribution >= 0.6 is 0 Å². The third-order valence-corrected chi connectivity index (χ3v) is 3.62. The fourth-order valence-electron chi connectivity index (χ4n) is 2.54. The number of fused-ring (bicyclic) bond motifs is 1. The van der Waals surface area contributed by atoms with Gasteiger partial charge in [-0.3, -0.25) is 0 Å². The Morgan fingerprint density at radius 2 is 2.24 bits per heavy atom. The Bertz CT molecular complexity index is 445. The van der Waals surface area contributed by atoms with Crippen molar-refractivity contribution in [3.8, 4) is 17.2 Å². The number of methoxy groups -OCH3 is 1. The fraction of sp³-hybridized carbons (Fsp3) is 0.538. The largest absolute Gasteiger partial charge is 0.493 e. The van der Waals surface area contributed by atoms with Crippen LogP contribution in [-0.2, 0) is 0 Å². The monoisotopic (exact) mass is 235 g/mol. The van der Waals surface area contributed by atoms with Gasteiger partial charge in [-0.25, -0.2) is 0 Å². The Kier molecular flexibility index (Phi) is 2.40. The van der Waals surface area contributed by atoms with Gasteiger partial charge >= 0.3 is 0 Å². The molecule has 2 N–H and O–H groups in total. The van der Waals surface area contributed by atoms with Crippen LogP contribution in [-0.4, -0.2) is 19.9 Å². The van der Waals surface area contributed by atoms with Gasteiger partial charge in [-0.2, -0.15) is 0 Å². The minimum atomic E-state index is 0.247. The lowest BCUT2D eigenvalue weighted by Gasteiger charge is -2.09. The quantitative estimate of drug-likeness (QED) is 0.869. The summed E-state index contributed by atoms with van der Waals surface area (Å²) in [6.45, 7) is 2.34. The van der Waals surface area contributed by atoms with Crippen LogP contribution in [0.4, 0.5) is 0 Å². The summed E-state index contributed by atoms with van der Waals surface area (Å²) in [5, 5.41) is 0. The molecule has 0 amide bonds. The zero-order chi connectivity index (χ0) is 12.0. The van der Waals surface area contributed by atoms with Crippen LogP contribution in [0.15, 0.2) is 12.1 Å². The number of rotatable bonds is 3. The Hall–Kier alpha value is -1.42. The van der Waals surface area contributed by atoms with Crippen molar-refractivity contribution in [2.45, 2.75) is 25.3 Å². The number of ether oxygens (including phenoxy) is 3. The van der Waals surface area contributed by atoms with Crippen molar-refractivity contribution in [2.75, 3.05) is 13.9 Å². The first kappa shape index (κ1) is 10.7. The van der Waals surface area contributed by atoms with Crippen molar-refractivity contribution >= 4 is 0 Å². The molecule has 1 fully saturated rings. The molecule has 1 aromatic rings. The second-order valence-corrected chi connectivity index (χ2v) is 4.82. The predicted molar refractivity (Wildman–Crippen MR) is 63.6 cm³/mol. The van der Waals surface area contributed by atoms with Gasteiger partial charge in [0.1, 0.15) is 0 Å². The lowest BCUT2D eigenvalue weighted by molar-refractivity contribution is 0.171. The summed E-state index contributed by atoms with van der Waals surface area (Å²) in [7, 11) is 1.65. The highest BCUT2D eigenvalue weighted by Gasteiger charge is 2.41. The molecule has 0 bridgehead atoms. The molecule has 3 rings (SSSR count). The zero-order valence-corrected chi connectivity index (χ0v) is 10.1. The highest BCUT2D eigenvalue weighted by molar-refractivity contribution is 5.56. The van der Waals surface area contributed by atoms with Gasteiger partial charge in [0.05, 0.1) is 7.11 Å². The minimum Gasteiger partial charge on any atom is -0.493 e. The molecule has 0 saturated heterocycles. The van der Waals surface area contributed by atoms with E-state index < -0.39 is 0 Å². The van der Waals surface area contributed by atoms with Crippen LogP contribution in [0.5, 0.6) is 17.2 Å². The third kappa shape index (κ3) is 1.72. The van der Waals surface area contributed by atoms with Crippen molar-refractivity contribution < 1.29 is 14.2 Å². The van der Waals surface area contributed by atoms with Crippen molar-refractivity contribution in [3.63, 3.8) is 0 Å². The first-order valence-corrected chi connectivity index (χ1v) is 5.94. The van der Waals surface area contributed by atoms with Crippen molar-refractivity contribution in [1.82, 2.24) is 0 Å². The van der Waals surface area contributed by atoms with E-state index >= 15 is 0 Å². The van der Waals surface area contributed by atoms with Gasteiger partial charge < -0.3 is 19.9 Å². The SMILES string of the molecule is COc1cc(C2CC2C(C)N)cc2c1OCO2. The molecule has 4 nitrogen and oxygen atoms in total.